The van der Waals surface area contributed by atoms with Crippen molar-refractivity contribution in [3.05, 3.63) is 11.1 Å². The molecule has 90 valence electrons. The summed E-state index contributed by atoms with van der Waals surface area (Å²) >= 11 is 1.43. The number of ether oxygens (including phenoxy) is 1. The van der Waals surface area contributed by atoms with Gasteiger partial charge < -0.3 is 10.1 Å². The van der Waals surface area contributed by atoms with E-state index in [0.29, 0.717) is 17.7 Å². The lowest BCUT2D eigenvalue weighted by Gasteiger charge is -2.14. The second kappa shape index (κ2) is 5.84. The monoisotopic (exact) mass is 242 g/mol. The molecule has 0 saturated carbocycles. The van der Waals surface area contributed by atoms with E-state index >= 15 is 0 Å². The SMILES string of the molecule is COC(=O)c1csc(NC(C)CC(C)C)n1. The molecule has 4 nitrogen and oxygen atoms in total. The lowest BCUT2D eigenvalue weighted by molar-refractivity contribution is 0.0595. The van der Waals surface area contributed by atoms with Crippen LogP contribution in [0.25, 0.3) is 0 Å². The van der Waals surface area contributed by atoms with Crippen molar-refractivity contribution in [1.82, 2.24) is 4.98 Å². The molecule has 0 aromatic carbocycles. The van der Waals surface area contributed by atoms with E-state index in [1.807, 2.05) is 0 Å². The quantitative estimate of drug-likeness (QED) is 0.807. The fourth-order valence-electron chi connectivity index (χ4n) is 1.52. The summed E-state index contributed by atoms with van der Waals surface area (Å²) in [4.78, 5) is 15.3. The summed E-state index contributed by atoms with van der Waals surface area (Å²) < 4.78 is 4.60. The molecule has 1 heterocycles. The van der Waals surface area contributed by atoms with Gasteiger partial charge >= 0.3 is 5.97 Å². The maximum atomic E-state index is 11.2. The Morgan fingerprint density at radius 3 is 2.81 bits per heavy atom. The fraction of sp³-hybridized carbons (Fsp3) is 0.636. The Kier molecular flexibility index (Phi) is 4.73. The molecule has 1 aromatic rings. The number of methoxy groups -OCH3 is 1. The Hall–Kier alpha value is -1.10. The van der Waals surface area contributed by atoms with Crippen LogP contribution in [0.3, 0.4) is 0 Å². The van der Waals surface area contributed by atoms with Gasteiger partial charge in [-0.05, 0) is 19.3 Å². The van der Waals surface area contributed by atoms with Crippen molar-refractivity contribution in [2.75, 3.05) is 12.4 Å². The standard InChI is InChI=1S/C11H18N2O2S/c1-7(2)5-8(3)12-11-13-9(6-16-11)10(14)15-4/h6-8H,5H2,1-4H3,(H,12,13). The highest BCUT2D eigenvalue weighted by Crippen LogP contribution is 2.18. The van der Waals surface area contributed by atoms with Crippen molar-refractivity contribution in [2.24, 2.45) is 5.92 Å². The molecule has 1 unspecified atom stereocenters. The topological polar surface area (TPSA) is 51.2 Å². The van der Waals surface area contributed by atoms with Crippen molar-refractivity contribution < 1.29 is 9.53 Å². The Morgan fingerprint density at radius 2 is 2.25 bits per heavy atom. The van der Waals surface area contributed by atoms with E-state index in [-0.39, 0.29) is 5.97 Å². The van der Waals surface area contributed by atoms with E-state index in [4.69, 9.17) is 0 Å². The third-order valence-electron chi connectivity index (χ3n) is 2.09. The number of carbonyl (C=O) groups excluding carboxylic acids is 1. The average molecular weight is 242 g/mol. The molecule has 0 aliphatic carbocycles. The number of hydrogen-bond acceptors (Lipinski definition) is 5. The molecule has 5 heteroatoms. The van der Waals surface area contributed by atoms with Crippen LogP contribution < -0.4 is 5.32 Å². The van der Waals surface area contributed by atoms with Gasteiger partial charge in [-0.2, -0.15) is 0 Å². The second-order valence-electron chi connectivity index (χ2n) is 4.20. The first-order valence-electron chi connectivity index (χ1n) is 5.33. The van der Waals surface area contributed by atoms with Crippen LogP contribution in [0.2, 0.25) is 0 Å². The van der Waals surface area contributed by atoms with Crippen LogP contribution in [-0.4, -0.2) is 24.1 Å². The molecule has 16 heavy (non-hydrogen) atoms. The largest absolute Gasteiger partial charge is 0.464 e. The van der Waals surface area contributed by atoms with Crippen molar-refractivity contribution in [3.8, 4) is 0 Å². The first-order chi connectivity index (χ1) is 7.52. The summed E-state index contributed by atoms with van der Waals surface area (Å²) in [6.07, 6.45) is 1.08. The zero-order valence-electron chi connectivity index (χ0n) is 10.1. The first-order valence-corrected chi connectivity index (χ1v) is 6.21. The summed E-state index contributed by atoms with van der Waals surface area (Å²) in [5, 5.41) is 5.75. The number of thiazole rings is 1. The Morgan fingerprint density at radius 1 is 1.56 bits per heavy atom. The molecular formula is C11H18N2O2S. The summed E-state index contributed by atoms with van der Waals surface area (Å²) in [6, 6.07) is 0.358. The van der Waals surface area contributed by atoms with Crippen LogP contribution in [-0.2, 0) is 4.74 Å². The maximum absolute atomic E-state index is 11.2. The number of nitrogens with one attached hydrogen (secondary N) is 1. The van der Waals surface area contributed by atoms with Gasteiger partial charge in [0.25, 0.3) is 0 Å². The van der Waals surface area contributed by atoms with Crippen molar-refractivity contribution in [1.29, 1.82) is 0 Å². The number of aromatic nitrogens is 1. The van der Waals surface area contributed by atoms with E-state index in [9.17, 15) is 4.79 Å². The van der Waals surface area contributed by atoms with E-state index in [0.717, 1.165) is 11.6 Å². The molecule has 1 rings (SSSR count). The molecule has 0 amide bonds. The van der Waals surface area contributed by atoms with Crippen molar-refractivity contribution in [2.45, 2.75) is 33.2 Å². The second-order valence-corrected chi connectivity index (χ2v) is 5.06. The number of carbonyl (C=O) groups is 1. The first kappa shape index (κ1) is 13.0. The third-order valence-corrected chi connectivity index (χ3v) is 2.87. The van der Waals surface area contributed by atoms with E-state index in [2.05, 4.69) is 35.8 Å². The van der Waals surface area contributed by atoms with E-state index < -0.39 is 0 Å². The number of nitrogens with zero attached hydrogens (tertiary/aromatic N) is 1. The normalized spacial score (nSPS) is 12.6. The van der Waals surface area contributed by atoms with Crippen LogP contribution in [0, 0.1) is 5.92 Å². The molecule has 0 aliphatic heterocycles. The average Bonchev–Trinajstić information content (AvgIpc) is 2.63. The van der Waals surface area contributed by atoms with Gasteiger partial charge in [-0.25, -0.2) is 9.78 Å². The van der Waals surface area contributed by atoms with Gasteiger partial charge in [0.1, 0.15) is 0 Å². The van der Waals surface area contributed by atoms with E-state index in [1.165, 1.54) is 18.4 Å². The molecule has 0 fully saturated rings. The third kappa shape index (κ3) is 3.81. The Balaban J connectivity index is 2.55. The van der Waals surface area contributed by atoms with Gasteiger partial charge in [0.05, 0.1) is 7.11 Å². The predicted molar refractivity (Wildman–Crippen MR) is 66.0 cm³/mol. The minimum Gasteiger partial charge on any atom is -0.464 e. The Labute approximate surface area is 100 Å². The highest BCUT2D eigenvalue weighted by molar-refractivity contribution is 7.13. The van der Waals surface area contributed by atoms with Gasteiger partial charge in [-0.3, -0.25) is 0 Å². The highest BCUT2D eigenvalue weighted by atomic mass is 32.1. The van der Waals surface area contributed by atoms with Crippen LogP contribution in [0.15, 0.2) is 5.38 Å². The number of anilines is 1. The van der Waals surface area contributed by atoms with Crippen LogP contribution >= 0.6 is 11.3 Å². The Bertz CT molecular complexity index is 350. The molecular weight excluding hydrogens is 224 g/mol. The smallest absolute Gasteiger partial charge is 0.357 e. The highest BCUT2D eigenvalue weighted by Gasteiger charge is 2.12. The minimum atomic E-state index is -0.388. The molecule has 0 aliphatic rings. The maximum Gasteiger partial charge on any atom is 0.357 e. The fourth-order valence-corrected chi connectivity index (χ4v) is 2.31. The van der Waals surface area contributed by atoms with Gasteiger partial charge in [0, 0.05) is 11.4 Å². The molecule has 1 N–H and O–H groups in total. The molecule has 1 atom stereocenters. The zero-order chi connectivity index (χ0) is 12.1. The molecule has 0 saturated heterocycles. The minimum absolute atomic E-state index is 0.358. The number of rotatable bonds is 5. The van der Waals surface area contributed by atoms with Gasteiger partial charge in [0.2, 0.25) is 0 Å². The summed E-state index contributed by atoms with van der Waals surface area (Å²) in [5.74, 6) is 0.253. The lowest BCUT2D eigenvalue weighted by atomic mass is 10.1. The van der Waals surface area contributed by atoms with Crippen molar-refractivity contribution in [3.63, 3.8) is 0 Å². The lowest BCUT2D eigenvalue weighted by Crippen LogP contribution is -2.17. The predicted octanol–water partition coefficient (Wildman–Crippen LogP) is 2.78. The number of esters is 1. The molecule has 0 bridgehead atoms. The van der Waals surface area contributed by atoms with E-state index in [1.54, 1.807) is 5.38 Å². The number of hydrogen-bond donors (Lipinski definition) is 1. The summed E-state index contributed by atoms with van der Waals surface area (Å²) in [6.45, 7) is 6.47. The molecule has 0 radical (unpaired) electrons. The van der Waals surface area contributed by atoms with Crippen molar-refractivity contribution >= 4 is 22.4 Å². The summed E-state index contributed by atoms with van der Waals surface area (Å²) in [7, 11) is 1.36. The van der Waals surface area contributed by atoms with Crippen LogP contribution in [0.4, 0.5) is 5.13 Å². The molecule has 0 spiro atoms. The van der Waals surface area contributed by atoms with Gasteiger partial charge in [-0.15, -0.1) is 11.3 Å². The molecule has 1 aromatic heterocycles. The zero-order valence-corrected chi connectivity index (χ0v) is 10.9. The van der Waals surface area contributed by atoms with Gasteiger partial charge in [-0.1, -0.05) is 13.8 Å². The van der Waals surface area contributed by atoms with Crippen LogP contribution in [0.5, 0.6) is 0 Å². The summed E-state index contributed by atoms with van der Waals surface area (Å²) in [5.41, 5.74) is 0.367. The van der Waals surface area contributed by atoms with Gasteiger partial charge in [0.15, 0.2) is 10.8 Å². The van der Waals surface area contributed by atoms with Crippen LogP contribution in [0.1, 0.15) is 37.7 Å².